The van der Waals surface area contributed by atoms with Crippen LogP contribution in [0.3, 0.4) is 0 Å². The molecule has 2 aromatic carbocycles. The maximum Gasteiger partial charge on any atom is 0.261 e. The fraction of sp³-hybridized carbons (Fsp3) is 0.409. The van der Waals surface area contributed by atoms with Crippen molar-refractivity contribution < 1.29 is 17.9 Å². The minimum absolute atomic E-state index is 0.0740. The molecule has 162 valence electrons. The molecule has 3 rings (SSSR count). The lowest BCUT2D eigenvalue weighted by Gasteiger charge is -2.21. The number of likely N-dealkylation sites (N-methyl/N-ethyl adjacent to an activating group) is 1. The van der Waals surface area contributed by atoms with Crippen LogP contribution in [-0.4, -0.2) is 64.0 Å². The average Bonchev–Trinajstić information content (AvgIpc) is 3.26. The fourth-order valence-electron chi connectivity index (χ4n) is 3.40. The predicted octanol–water partition coefficient (Wildman–Crippen LogP) is 3.05. The number of ether oxygens (including phenoxy) is 1. The van der Waals surface area contributed by atoms with Crippen molar-refractivity contribution >= 4 is 21.6 Å². The summed E-state index contributed by atoms with van der Waals surface area (Å²) in [5, 5.41) is 0. The summed E-state index contributed by atoms with van der Waals surface area (Å²) in [6, 6.07) is 12.7. The number of rotatable bonds is 9. The summed E-state index contributed by atoms with van der Waals surface area (Å²) in [7, 11) is -1.93. The van der Waals surface area contributed by atoms with Crippen molar-refractivity contribution in [3.05, 3.63) is 54.1 Å². The number of nitrogens with one attached hydrogen (secondary N) is 1. The molecule has 1 heterocycles. The molecule has 1 aliphatic rings. The van der Waals surface area contributed by atoms with Crippen LogP contribution < -0.4 is 9.46 Å². The molecule has 1 N–H and O–H groups in total. The van der Waals surface area contributed by atoms with E-state index in [1.165, 1.54) is 25.0 Å². The van der Waals surface area contributed by atoms with E-state index in [1.807, 2.05) is 6.92 Å². The van der Waals surface area contributed by atoms with Crippen LogP contribution in [-0.2, 0) is 10.0 Å². The number of hydrogen-bond acceptors (Lipinski definition) is 5. The van der Waals surface area contributed by atoms with Gasteiger partial charge in [-0.15, -0.1) is 0 Å². The van der Waals surface area contributed by atoms with E-state index >= 15 is 0 Å². The summed E-state index contributed by atoms with van der Waals surface area (Å²) in [6.07, 6.45) is 2.46. The van der Waals surface area contributed by atoms with E-state index in [0.29, 0.717) is 30.2 Å². The van der Waals surface area contributed by atoms with Crippen molar-refractivity contribution in [2.45, 2.75) is 24.7 Å². The zero-order valence-electron chi connectivity index (χ0n) is 17.5. The molecule has 1 saturated heterocycles. The Morgan fingerprint density at radius 2 is 1.70 bits per heavy atom. The third kappa shape index (κ3) is 5.73. The van der Waals surface area contributed by atoms with Gasteiger partial charge in [-0.3, -0.25) is 9.52 Å². The largest absolute Gasteiger partial charge is 0.494 e. The highest BCUT2D eigenvalue weighted by Crippen LogP contribution is 2.20. The van der Waals surface area contributed by atoms with E-state index in [1.54, 1.807) is 48.3 Å². The summed E-state index contributed by atoms with van der Waals surface area (Å²) in [5.41, 5.74) is 0.933. The number of carbonyl (C=O) groups is 1. The first-order valence-electron chi connectivity index (χ1n) is 10.2. The van der Waals surface area contributed by atoms with Gasteiger partial charge in [0.1, 0.15) is 5.75 Å². The molecule has 0 aromatic heterocycles. The molecule has 0 unspecified atom stereocenters. The van der Waals surface area contributed by atoms with Crippen molar-refractivity contribution in [2.24, 2.45) is 0 Å². The number of sulfonamides is 1. The molecule has 1 fully saturated rings. The number of carbonyl (C=O) groups excluding carboxylic acids is 1. The lowest BCUT2D eigenvalue weighted by atomic mass is 10.2. The molecule has 0 atom stereocenters. The molecule has 0 radical (unpaired) electrons. The van der Waals surface area contributed by atoms with Crippen LogP contribution in [0.2, 0.25) is 0 Å². The first-order chi connectivity index (χ1) is 14.4. The zero-order chi connectivity index (χ0) is 21.6. The number of likely N-dealkylation sites (tertiary alicyclic amines) is 1. The Kier molecular flexibility index (Phi) is 7.33. The molecule has 0 aliphatic carbocycles. The van der Waals surface area contributed by atoms with E-state index in [0.717, 1.165) is 19.6 Å². The highest BCUT2D eigenvalue weighted by atomic mass is 32.2. The minimum atomic E-state index is -3.72. The SMILES string of the molecule is CCOc1ccc(S(=O)(=O)Nc2ccc(C(=O)N(C)CCN3CCCC3)cc2)cc1. The van der Waals surface area contributed by atoms with Crippen LogP contribution in [0.5, 0.6) is 5.75 Å². The smallest absolute Gasteiger partial charge is 0.261 e. The zero-order valence-corrected chi connectivity index (χ0v) is 18.3. The van der Waals surface area contributed by atoms with Crippen LogP contribution in [0.15, 0.2) is 53.4 Å². The van der Waals surface area contributed by atoms with Gasteiger partial charge < -0.3 is 14.5 Å². The minimum Gasteiger partial charge on any atom is -0.494 e. The van der Waals surface area contributed by atoms with E-state index in [9.17, 15) is 13.2 Å². The molecule has 1 aliphatic heterocycles. The average molecular weight is 432 g/mol. The van der Waals surface area contributed by atoms with Crippen molar-refractivity contribution in [3.63, 3.8) is 0 Å². The number of amides is 1. The van der Waals surface area contributed by atoms with Crippen molar-refractivity contribution in [2.75, 3.05) is 44.6 Å². The molecule has 8 heteroatoms. The van der Waals surface area contributed by atoms with Gasteiger partial charge in [-0.25, -0.2) is 8.42 Å². The van der Waals surface area contributed by atoms with Gasteiger partial charge in [-0.2, -0.15) is 0 Å². The summed E-state index contributed by atoms with van der Waals surface area (Å²) in [5.74, 6) is 0.545. The van der Waals surface area contributed by atoms with E-state index in [4.69, 9.17) is 4.74 Å². The highest BCUT2D eigenvalue weighted by molar-refractivity contribution is 7.92. The Hall–Kier alpha value is -2.58. The summed E-state index contributed by atoms with van der Waals surface area (Å²) in [6.45, 7) is 6.14. The molecule has 1 amide bonds. The van der Waals surface area contributed by atoms with Gasteiger partial charge in [0.05, 0.1) is 11.5 Å². The second-order valence-corrected chi connectivity index (χ2v) is 9.05. The van der Waals surface area contributed by atoms with Gasteiger partial charge in [-0.1, -0.05) is 0 Å². The van der Waals surface area contributed by atoms with Gasteiger partial charge in [0, 0.05) is 31.4 Å². The van der Waals surface area contributed by atoms with Crippen LogP contribution >= 0.6 is 0 Å². The second kappa shape index (κ2) is 9.95. The van der Waals surface area contributed by atoms with E-state index in [2.05, 4.69) is 9.62 Å². The lowest BCUT2D eigenvalue weighted by Crippen LogP contribution is -2.35. The number of hydrogen-bond donors (Lipinski definition) is 1. The second-order valence-electron chi connectivity index (χ2n) is 7.36. The Balaban J connectivity index is 1.59. The lowest BCUT2D eigenvalue weighted by molar-refractivity contribution is 0.0782. The third-order valence-electron chi connectivity index (χ3n) is 5.13. The highest BCUT2D eigenvalue weighted by Gasteiger charge is 2.17. The van der Waals surface area contributed by atoms with Crippen LogP contribution in [0.25, 0.3) is 0 Å². The van der Waals surface area contributed by atoms with Gasteiger partial charge >= 0.3 is 0 Å². The standard InChI is InChI=1S/C22H29N3O4S/c1-3-29-20-10-12-21(13-11-20)30(27,28)23-19-8-6-18(7-9-19)22(26)24(2)16-17-25-14-4-5-15-25/h6-13,23H,3-5,14-17H2,1-2H3. The summed E-state index contributed by atoms with van der Waals surface area (Å²) < 4.78 is 33.0. The van der Waals surface area contributed by atoms with Crippen molar-refractivity contribution in [1.82, 2.24) is 9.80 Å². The van der Waals surface area contributed by atoms with Crippen LogP contribution in [0, 0.1) is 0 Å². The Bertz CT molecular complexity index is 937. The maximum atomic E-state index is 12.6. The predicted molar refractivity (Wildman–Crippen MR) is 117 cm³/mol. The topological polar surface area (TPSA) is 78.9 Å². The van der Waals surface area contributed by atoms with Gasteiger partial charge in [0.25, 0.3) is 15.9 Å². The van der Waals surface area contributed by atoms with E-state index in [-0.39, 0.29) is 10.8 Å². The van der Waals surface area contributed by atoms with Gasteiger partial charge in [0.15, 0.2) is 0 Å². The normalized spacial score (nSPS) is 14.5. The van der Waals surface area contributed by atoms with Gasteiger partial charge in [-0.05, 0) is 81.4 Å². The van der Waals surface area contributed by atoms with Crippen LogP contribution in [0.4, 0.5) is 5.69 Å². The number of benzene rings is 2. The van der Waals surface area contributed by atoms with Gasteiger partial charge in [0.2, 0.25) is 0 Å². The molecule has 0 spiro atoms. The molecular formula is C22H29N3O4S. The molecule has 0 bridgehead atoms. The maximum absolute atomic E-state index is 12.6. The quantitative estimate of drug-likeness (QED) is 0.660. The van der Waals surface area contributed by atoms with Crippen molar-refractivity contribution in [1.29, 1.82) is 0 Å². The third-order valence-corrected chi connectivity index (χ3v) is 6.52. The van der Waals surface area contributed by atoms with Crippen LogP contribution in [0.1, 0.15) is 30.1 Å². The molecule has 2 aromatic rings. The molecule has 0 saturated carbocycles. The molecular weight excluding hydrogens is 402 g/mol. The first-order valence-corrected chi connectivity index (χ1v) is 11.7. The molecule has 30 heavy (non-hydrogen) atoms. The monoisotopic (exact) mass is 431 g/mol. The molecule has 7 nitrogen and oxygen atoms in total. The van der Waals surface area contributed by atoms with Crippen molar-refractivity contribution in [3.8, 4) is 5.75 Å². The Morgan fingerprint density at radius 3 is 2.30 bits per heavy atom. The summed E-state index contributed by atoms with van der Waals surface area (Å²) in [4.78, 5) is 16.8. The Labute approximate surface area is 178 Å². The van der Waals surface area contributed by atoms with E-state index < -0.39 is 10.0 Å². The Morgan fingerprint density at radius 1 is 1.07 bits per heavy atom. The number of nitrogens with zero attached hydrogens (tertiary/aromatic N) is 2. The first kappa shape index (κ1) is 22.1. The number of anilines is 1. The fourth-order valence-corrected chi connectivity index (χ4v) is 4.45. The summed E-state index contributed by atoms with van der Waals surface area (Å²) >= 11 is 0.